The van der Waals surface area contributed by atoms with E-state index >= 15 is 0 Å². The van der Waals surface area contributed by atoms with Crippen LogP contribution in [-0.4, -0.2) is 66.6 Å². The van der Waals surface area contributed by atoms with E-state index in [9.17, 15) is 4.79 Å². The van der Waals surface area contributed by atoms with Crippen LogP contribution in [0, 0.1) is 0 Å². The molecule has 5 nitrogen and oxygen atoms in total. The van der Waals surface area contributed by atoms with Gasteiger partial charge < -0.3 is 9.64 Å². The lowest BCUT2D eigenvalue weighted by atomic mass is 10.1. The lowest BCUT2D eigenvalue weighted by Crippen LogP contribution is -2.44. The first-order valence-corrected chi connectivity index (χ1v) is 7.61. The van der Waals surface area contributed by atoms with E-state index in [1.165, 1.54) is 5.56 Å². The maximum atomic E-state index is 12.3. The minimum atomic E-state index is 0.211. The van der Waals surface area contributed by atoms with Crippen molar-refractivity contribution in [2.75, 3.05) is 39.9 Å². The second-order valence-electron chi connectivity index (χ2n) is 5.62. The third kappa shape index (κ3) is 5.10. The van der Waals surface area contributed by atoms with Crippen LogP contribution in [0.2, 0.25) is 0 Å². The molecule has 0 radical (unpaired) electrons. The maximum Gasteiger partial charge on any atom is 0.223 e. The maximum absolute atomic E-state index is 12.3. The lowest BCUT2D eigenvalue weighted by Gasteiger charge is -2.32. The molecule has 1 aromatic rings. The smallest absolute Gasteiger partial charge is 0.223 e. The molecular weight excluding hydrogens is 266 g/mol. The molecule has 0 N–H and O–H groups in total. The minimum absolute atomic E-state index is 0.211. The van der Waals surface area contributed by atoms with Crippen LogP contribution in [0.1, 0.15) is 18.9 Å². The lowest BCUT2D eigenvalue weighted by molar-refractivity contribution is -0.131. The van der Waals surface area contributed by atoms with Crippen molar-refractivity contribution in [3.05, 3.63) is 30.1 Å². The normalized spacial score (nSPS) is 17.4. The molecule has 0 aromatic carbocycles. The van der Waals surface area contributed by atoms with E-state index < -0.39 is 0 Å². The first-order chi connectivity index (χ1) is 10.2. The van der Waals surface area contributed by atoms with Crippen LogP contribution in [0.25, 0.3) is 0 Å². The Labute approximate surface area is 126 Å². The highest BCUT2D eigenvalue weighted by molar-refractivity contribution is 5.76. The second kappa shape index (κ2) is 8.10. The van der Waals surface area contributed by atoms with Crippen molar-refractivity contribution in [3.63, 3.8) is 0 Å². The molecule has 1 aliphatic heterocycles. The minimum Gasteiger partial charge on any atom is -0.379 e. The summed E-state index contributed by atoms with van der Waals surface area (Å²) in [5.74, 6) is 0.211. The summed E-state index contributed by atoms with van der Waals surface area (Å²) in [5, 5.41) is 0. The summed E-state index contributed by atoms with van der Waals surface area (Å²) in [6.07, 6.45) is 5.03. The number of carbonyl (C=O) groups excluding carboxylic acids is 1. The summed E-state index contributed by atoms with van der Waals surface area (Å²) in [4.78, 5) is 20.4. The molecule has 1 saturated heterocycles. The fourth-order valence-electron chi connectivity index (χ4n) is 2.53. The number of amides is 1. The number of hydrogen-bond donors (Lipinski definition) is 0. The van der Waals surface area contributed by atoms with Gasteiger partial charge in [-0.2, -0.15) is 0 Å². The fourth-order valence-corrected chi connectivity index (χ4v) is 2.53. The zero-order chi connectivity index (χ0) is 15.1. The van der Waals surface area contributed by atoms with E-state index in [0.29, 0.717) is 6.42 Å². The number of aromatic nitrogens is 1. The van der Waals surface area contributed by atoms with Gasteiger partial charge >= 0.3 is 0 Å². The predicted molar refractivity (Wildman–Crippen MR) is 82.0 cm³/mol. The Morgan fingerprint density at radius 3 is 2.71 bits per heavy atom. The molecule has 1 aromatic heterocycles. The Bertz CT molecular complexity index is 432. The number of likely N-dealkylation sites (N-methyl/N-ethyl adjacent to an activating group) is 1. The van der Waals surface area contributed by atoms with Gasteiger partial charge in [0.2, 0.25) is 5.91 Å². The molecule has 5 heteroatoms. The summed E-state index contributed by atoms with van der Waals surface area (Å²) < 4.78 is 5.35. The third-order valence-electron chi connectivity index (χ3n) is 4.05. The van der Waals surface area contributed by atoms with Crippen molar-refractivity contribution in [2.24, 2.45) is 0 Å². The molecule has 0 bridgehead atoms. The predicted octanol–water partition coefficient (Wildman–Crippen LogP) is 1.19. The van der Waals surface area contributed by atoms with Crippen molar-refractivity contribution in [1.29, 1.82) is 0 Å². The molecular formula is C16H25N3O2. The second-order valence-corrected chi connectivity index (χ2v) is 5.62. The molecule has 0 unspecified atom stereocenters. The number of morpholine rings is 1. The van der Waals surface area contributed by atoms with Crippen LogP contribution in [0.4, 0.5) is 0 Å². The third-order valence-corrected chi connectivity index (χ3v) is 4.05. The van der Waals surface area contributed by atoms with Crippen LogP contribution in [0.15, 0.2) is 24.5 Å². The van der Waals surface area contributed by atoms with E-state index in [4.69, 9.17) is 4.74 Å². The Hall–Kier alpha value is -1.46. The van der Waals surface area contributed by atoms with E-state index in [0.717, 1.165) is 39.3 Å². The van der Waals surface area contributed by atoms with E-state index in [2.05, 4.69) is 16.8 Å². The zero-order valence-corrected chi connectivity index (χ0v) is 13.0. The van der Waals surface area contributed by atoms with Crippen molar-refractivity contribution in [1.82, 2.24) is 14.8 Å². The number of hydrogen-bond acceptors (Lipinski definition) is 4. The van der Waals surface area contributed by atoms with Gasteiger partial charge in [0.05, 0.1) is 13.2 Å². The summed E-state index contributed by atoms with van der Waals surface area (Å²) in [6.45, 7) is 6.27. The largest absolute Gasteiger partial charge is 0.379 e. The standard InChI is InChI=1S/C16H25N3O2/c1-14(19-9-11-21-12-10-19)13-16(20)18(2)8-5-15-3-6-17-7-4-15/h3-4,6-7,14H,5,8-13H2,1-2H3/t14-/m1/s1. The molecule has 1 amide bonds. The van der Waals surface area contributed by atoms with Gasteiger partial charge in [0.1, 0.15) is 0 Å². The Balaban J connectivity index is 1.74. The Morgan fingerprint density at radius 2 is 2.05 bits per heavy atom. The monoisotopic (exact) mass is 291 g/mol. The Morgan fingerprint density at radius 1 is 1.38 bits per heavy atom. The Kier molecular flexibility index (Phi) is 6.14. The number of ether oxygens (including phenoxy) is 1. The molecule has 0 aliphatic carbocycles. The molecule has 21 heavy (non-hydrogen) atoms. The van der Waals surface area contributed by atoms with Gasteiger partial charge in [-0.15, -0.1) is 0 Å². The average molecular weight is 291 g/mol. The topological polar surface area (TPSA) is 45.7 Å². The molecule has 116 valence electrons. The highest BCUT2D eigenvalue weighted by atomic mass is 16.5. The van der Waals surface area contributed by atoms with Crippen molar-refractivity contribution in [2.45, 2.75) is 25.8 Å². The molecule has 1 atom stereocenters. The van der Waals surface area contributed by atoms with Gasteiger partial charge in [-0.1, -0.05) is 0 Å². The molecule has 1 fully saturated rings. The zero-order valence-electron chi connectivity index (χ0n) is 13.0. The fraction of sp³-hybridized carbons (Fsp3) is 0.625. The molecule has 2 heterocycles. The average Bonchev–Trinajstić information content (AvgIpc) is 2.54. The number of nitrogens with zero attached hydrogens (tertiary/aromatic N) is 3. The van der Waals surface area contributed by atoms with Crippen molar-refractivity contribution >= 4 is 5.91 Å². The highest BCUT2D eigenvalue weighted by Crippen LogP contribution is 2.09. The van der Waals surface area contributed by atoms with Gasteiger partial charge in [0, 0.05) is 51.5 Å². The number of carbonyl (C=O) groups is 1. The van der Waals surface area contributed by atoms with Gasteiger partial charge in [-0.25, -0.2) is 0 Å². The van der Waals surface area contributed by atoms with Gasteiger partial charge in [-0.3, -0.25) is 14.7 Å². The SMILES string of the molecule is C[C@H](CC(=O)N(C)CCc1ccncc1)N1CCOCC1. The van der Waals surface area contributed by atoms with E-state index in [1.807, 2.05) is 24.1 Å². The van der Waals surface area contributed by atoms with E-state index in [-0.39, 0.29) is 11.9 Å². The van der Waals surface area contributed by atoms with E-state index in [1.54, 1.807) is 12.4 Å². The van der Waals surface area contributed by atoms with Crippen molar-refractivity contribution in [3.8, 4) is 0 Å². The molecule has 0 spiro atoms. The summed E-state index contributed by atoms with van der Waals surface area (Å²) in [6, 6.07) is 4.27. The van der Waals surface area contributed by atoms with Crippen LogP contribution in [0.3, 0.4) is 0 Å². The number of pyridine rings is 1. The first-order valence-electron chi connectivity index (χ1n) is 7.61. The molecule has 1 aliphatic rings. The molecule has 0 saturated carbocycles. The number of rotatable bonds is 6. The van der Waals surface area contributed by atoms with Crippen LogP contribution < -0.4 is 0 Å². The highest BCUT2D eigenvalue weighted by Gasteiger charge is 2.21. The van der Waals surface area contributed by atoms with Crippen molar-refractivity contribution < 1.29 is 9.53 Å². The van der Waals surface area contributed by atoms with Crippen LogP contribution >= 0.6 is 0 Å². The quantitative estimate of drug-likeness (QED) is 0.790. The van der Waals surface area contributed by atoms with Gasteiger partial charge in [-0.05, 0) is 31.0 Å². The first kappa shape index (κ1) is 15.9. The summed E-state index contributed by atoms with van der Waals surface area (Å²) in [7, 11) is 1.88. The van der Waals surface area contributed by atoms with Gasteiger partial charge in [0.25, 0.3) is 0 Å². The summed E-state index contributed by atoms with van der Waals surface area (Å²) in [5.41, 5.74) is 1.21. The van der Waals surface area contributed by atoms with Crippen LogP contribution in [-0.2, 0) is 16.0 Å². The molecule has 2 rings (SSSR count). The van der Waals surface area contributed by atoms with Gasteiger partial charge in [0.15, 0.2) is 0 Å². The van der Waals surface area contributed by atoms with Crippen LogP contribution in [0.5, 0.6) is 0 Å². The summed E-state index contributed by atoms with van der Waals surface area (Å²) >= 11 is 0.